The van der Waals surface area contributed by atoms with E-state index in [1.165, 1.54) is 12.3 Å². The monoisotopic (exact) mass is 345 g/mol. The molecule has 0 unspecified atom stereocenters. The first-order valence-corrected chi connectivity index (χ1v) is 8.90. The van der Waals surface area contributed by atoms with Crippen LogP contribution < -0.4 is 0 Å². The van der Waals surface area contributed by atoms with Crippen LogP contribution in [0, 0.1) is 0 Å². The van der Waals surface area contributed by atoms with Crippen molar-refractivity contribution in [1.82, 2.24) is 14.8 Å². The van der Waals surface area contributed by atoms with Gasteiger partial charge in [-0.3, -0.25) is 9.78 Å². The van der Waals surface area contributed by atoms with Crippen molar-refractivity contribution in [1.29, 1.82) is 0 Å². The molecule has 1 aliphatic rings. The summed E-state index contributed by atoms with van der Waals surface area (Å²) in [4.78, 5) is 16.4. The van der Waals surface area contributed by atoms with E-state index in [-0.39, 0.29) is 10.5 Å². The minimum Gasteiger partial charge on any atom is -0.288 e. The number of hydrogen-bond acceptors (Lipinski definition) is 5. The zero-order valence-corrected chi connectivity index (χ0v) is 13.0. The Balaban J connectivity index is 2.04. The standard InChI is InChI=1S/C15H8ClN3O3S/c16-23(21,22)12-3-1-2-10-13(12)15(20)11-8-18-19(14(10)11)9-4-6-17-7-5-9/h1-8H. The van der Waals surface area contributed by atoms with Gasteiger partial charge in [-0.1, -0.05) is 12.1 Å². The molecule has 1 aliphatic carbocycles. The van der Waals surface area contributed by atoms with Gasteiger partial charge in [0, 0.05) is 28.6 Å². The first-order chi connectivity index (χ1) is 11.0. The summed E-state index contributed by atoms with van der Waals surface area (Å²) >= 11 is 0. The lowest BCUT2D eigenvalue weighted by atomic mass is 10.1. The Morgan fingerprint density at radius 1 is 1.04 bits per heavy atom. The van der Waals surface area contributed by atoms with Gasteiger partial charge in [-0.2, -0.15) is 5.10 Å². The lowest BCUT2D eigenvalue weighted by Crippen LogP contribution is -2.04. The number of pyridine rings is 1. The van der Waals surface area contributed by atoms with Gasteiger partial charge in [0.2, 0.25) is 0 Å². The molecule has 8 heteroatoms. The summed E-state index contributed by atoms with van der Waals surface area (Å²) in [5.41, 5.74) is 2.22. The molecular formula is C15H8ClN3O3S. The number of halogens is 1. The number of carbonyl (C=O) groups is 1. The number of benzene rings is 1. The molecule has 0 saturated carbocycles. The third-order valence-corrected chi connectivity index (χ3v) is 5.06. The fourth-order valence-electron chi connectivity index (χ4n) is 2.76. The first-order valence-electron chi connectivity index (χ1n) is 6.59. The van der Waals surface area contributed by atoms with Crippen LogP contribution in [-0.2, 0) is 9.05 Å². The van der Waals surface area contributed by atoms with Crippen LogP contribution in [0.3, 0.4) is 0 Å². The quantitative estimate of drug-likeness (QED) is 0.521. The molecule has 0 aliphatic heterocycles. The number of aromatic nitrogens is 3. The lowest BCUT2D eigenvalue weighted by molar-refractivity contribution is 0.104. The van der Waals surface area contributed by atoms with E-state index in [1.54, 1.807) is 41.3 Å². The number of hydrogen-bond donors (Lipinski definition) is 0. The van der Waals surface area contributed by atoms with Gasteiger partial charge < -0.3 is 0 Å². The highest BCUT2D eigenvalue weighted by molar-refractivity contribution is 8.13. The van der Waals surface area contributed by atoms with Gasteiger partial charge in [-0.25, -0.2) is 13.1 Å². The van der Waals surface area contributed by atoms with Crippen molar-refractivity contribution in [3.8, 4) is 16.9 Å². The highest BCUT2D eigenvalue weighted by atomic mass is 35.7. The average molecular weight is 346 g/mol. The molecule has 0 fully saturated rings. The SMILES string of the molecule is O=C1c2cnn(-c3ccncc3)c2-c2cccc(S(=O)(=O)Cl)c21. The van der Waals surface area contributed by atoms with E-state index in [0.29, 0.717) is 16.8 Å². The van der Waals surface area contributed by atoms with Crippen molar-refractivity contribution in [2.75, 3.05) is 0 Å². The molecule has 6 nitrogen and oxygen atoms in total. The van der Waals surface area contributed by atoms with Gasteiger partial charge in [0.05, 0.1) is 33.6 Å². The molecule has 114 valence electrons. The molecule has 1 aromatic carbocycles. The summed E-state index contributed by atoms with van der Waals surface area (Å²) in [7, 11) is 1.44. The Bertz CT molecular complexity index is 1060. The fourth-order valence-corrected chi connectivity index (χ4v) is 3.83. The third-order valence-electron chi connectivity index (χ3n) is 3.69. The van der Waals surface area contributed by atoms with E-state index >= 15 is 0 Å². The van der Waals surface area contributed by atoms with Gasteiger partial charge in [-0.15, -0.1) is 0 Å². The Hall–Kier alpha value is -2.51. The van der Waals surface area contributed by atoms with Crippen molar-refractivity contribution >= 4 is 25.5 Å². The molecule has 0 spiro atoms. The third kappa shape index (κ3) is 2.01. The van der Waals surface area contributed by atoms with E-state index in [1.807, 2.05) is 0 Å². The maximum absolute atomic E-state index is 12.6. The highest BCUT2D eigenvalue weighted by Gasteiger charge is 2.36. The summed E-state index contributed by atoms with van der Waals surface area (Å²) in [6.45, 7) is 0. The number of fused-ring (bicyclic) bond motifs is 3. The largest absolute Gasteiger partial charge is 0.288 e. The summed E-state index contributed by atoms with van der Waals surface area (Å²) in [6, 6.07) is 8.06. The molecule has 0 amide bonds. The van der Waals surface area contributed by atoms with Gasteiger partial charge in [0.15, 0.2) is 5.78 Å². The van der Waals surface area contributed by atoms with Crippen molar-refractivity contribution < 1.29 is 13.2 Å². The van der Waals surface area contributed by atoms with Crippen LogP contribution in [0.15, 0.2) is 53.8 Å². The Morgan fingerprint density at radius 2 is 1.78 bits per heavy atom. The number of carbonyl (C=O) groups excluding carboxylic acids is 1. The van der Waals surface area contributed by atoms with Crippen LogP contribution in [0.4, 0.5) is 0 Å². The molecule has 0 bridgehead atoms. The molecule has 0 N–H and O–H groups in total. The molecule has 0 radical (unpaired) electrons. The predicted octanol–water partition coefficient (Wildman–Crippen LogP) is 2.41. The van der Waals surface area contributed by atoms with Crippen molar-refractivity contribution in [2.45, 2.75) is 4.90 Å². The van der Waals surface area contributed by atoms with Gasteiger partial charge in [-0.05, 0) is 18.2 Å². The lowest BCUT2D eigenvalue weighted by Gasteiger charge is -2.08. The van der Waals surface area contributed by atoms with Crippen LogP contribution in [0.2, 0.25) is 0 Å². The molecular weight excluding hydrogens is 338 g/mol. The molecule has 3 aromatic rings. The molecule has 0 atom stereocenters. The fraction of sp³-hybridized carbons (Fsp3) is 0. The van der Waals surface area contributed by atoms with E-state index in [0.717, 1.165) is 5.69 Å². The van der Waals surface area contributed by atoms with Gasteiger partial charge in [0.25, 0.3) is 9.05 Å². The van der Waals surface area contributed by atoms with Crippen molar-refractivity contribution in [3.05, 3.63) is 60.0 Å². The maximum atomic E-state index is 12.6. The number of rotatable bonds is 2. The number of ketones is 1. The molecule has 23 heavy (non-hydrogen) atoms. The summed E-state index contributed by atoms with van der Waals surface area (Å²) < 4.78 is 25.1. The normalized spacial score (nSPS) is 13.0. The summed E-state index contributed by atoms with van der Waals surface area (Å²) in [5.74, 6) is -0.393. The minimum atomic E-state index is -4.02. The Labute approximate surface area is 135 Å². The van der Waals surface area contributed by atoms with E-state index in [2.05, 4.69) is 10.1 Å². The zero-order chi connectivity index (χ0) is 16.2. The maximum Gasteiger partial charge on any atom is 0.262 e. The van der Waals surface area contributed by atoms with Gasteiger partial charge in [0.1, 0.15) is 0 Å². The van der Waals surface area contributed by atoms with E-state index < -0.39 is 14.8 Å². The Kier molecular flexibility index (Phi) is 2.91. The van der Waals surface area contributed by atoms with E-state index in [9.17, 15) is 13.2 Å². The minimum absolute atomic E-state index is 0.0951. The van der Waals surface area contributed by atoms with E-state index in [4.69, 9.17) is 10.7 Å². The van der Waals surface area contributed by atoms with Crippen LogP contribution >= 0.6 is 10.7 Å². The van der Waals surface area contributed by atoms with Crippen molar-refractivity contribution in [3.63, 3.8) is 0 Å². The molecule has 4 rings (SSSR count). The molecule has 0 saturated heterocycles. The van der Waals surface area contributed by atoms with Crippen LogP contribution in [0.1, 0.15) is 15.9 Å². The summed E-state index contributed by atoms with van der Waals surface area (Å²) in [6.07, 6.45) is 4.66. The first kappa shape index (κ1) is 14.1. The second kappa shape index (κ2) is 4.74. The number of nitrogens with zero attached hydrogens (tertiary/aromatic N) is 3. The smallest absolute Gasteiger partial charge is 0.262 e. The molecule has 2 aromatic heterocycles. The second-order valence-electron chi connectivity index (χ2n) is 4.97. The van der Waals surface area contributed by atoms with Crippen molar-refractivity contribution in [2.24, 2.45) is 0 Å². The molecule has 2 heterocycles. The van der Waals surface area contributed by atoms with Crippen LogP contribution in [-0.4, -0.2) is 29.0 Å². The van der Waals surface area contributed by atoms with Crippen LogP contribution in [0.25, 0.3) is 16.9 Å². The average Bonchev–Trinajstić information content (AvgIpc) is 3.08. The summed E-state index contributed by atoms with van der Waals surface area (Å²) in [5, 5.41) is 4.23. The van der Waals surface area contributed by atoms with Crippen LogP contribution in [0.5, 0.6) is 0 Å². The zero-order valence-electron chi connectivity index (χ0n) is 11.5. The highest BCUT2D eigenvalue weighted by Crippen LogP contribution is 2.41. The van der Waals surface area contributed by atoms with Gasteiger partial charge >= 0.3 is 0 Å². The predicted molar refractivity (Wildman–Crippen MR) is 83.3 cm³/mol. The Morgan fingerprint density at radius 3 is 2.48 bits per heavy atom. The topological polar surface area (TPSA) is 81.9 Å². The second-order valence-corrected chi connectivity index (χ2v) is 7.50.